The Bertz CT molecular complexity index is 768. The van der Waals surface area contributed by atoms with Crippen LogP contribution in [0.4, 0.5) is 0 Å². The van der Waals surface area contributed by atoms with Crippen LogP contribution in [-0.4, -0.2) is 67.0 Å². The molecule has 0 amide bonds. The molecule has 6 heteroatoms. The summed E-state index contributed by atoms with van der Waals surface area (Å²) in [6.07, 6.45) is 3.50. The van der Waals surface area contributed by atoms with Gasteiger partial charge in [-0.2, -0.15) is 5.10 Å². The lowest BCUT2D eigenvalue weighted by Crippen LogP contribution is -2.39. The fraction of sp³-hybridized carbons (Fsp3) is 0.640. The van der Waals surface area contributed by atoms with Gasteiger partial charge in [-0.3, -0.25) is 14.9 Å². The zero-order chi connectivity index (χ0) is 22.1. The minimum absolute atomic E-state index is 0.627. The van der Waals surface area contributed by atoms with Crippen LogP contribution in [0.25, 0.3) is 0 Å². The first-order chi connectivity index (χ1) is 15.1. The van der Waals surface area contributed by atoms with Gasteiger partial charge in [-0.1, -0.05) is 32.0 Å². The first-order valence-corrected chi connectivity index (χ1v) is 11.7. The highest BCUT2D eigenvalue weighted by Crippen LogP contribution is 2.24. The summed E-state index contributed by atoms with van der Waals surface area (Å²) in [4.78, 5) is 5.08. The van der Waals surface area contributed by atoms with Crippen molar-refractivity contribution >= 4 is 0 Å². The Labute approximate surface area is 187 Å². The van der Waals surface area contributed by atoms with Gasteiger partial charge in [0, 0.05) is 44.5 Å². The van der Waals surface area contributed by atoms with Crippen molar-refractivity contribution in [2.24, 2.45) is 11.8 Å². The van der Waals surface area contributed by atoms with Gasteiger partial charge in [-0.25, -0.2) is 0 Å². The van der Waals surface area contributed by atoms with Gasteiger partial charge in [0.25, 0.3) is 0 Å². The SMILES string of the molecule is COCCN(Cc1cc(CC(C)C)n[nH]1)CC1CCN(Cc2ccccc2OC)CC1. The van der Waals surface area contributed by atoms with E-state index in [1.54, 1.807) is 14.2 Å². The van der Waals surface area contributed by atoms with E-state index in [1.807, 2.05) is 6.07 Å². The van der Waals surface area contributed by atoms with Crippen molar-refractivity contribution in [3.8, 4) is 5.75 Å². The number of ether oxygens (including phenoxy) is 2. The molecule has 1 N–H and O–H groups in total. The molecule has 0 bridgehead atoms. The molecule has 6 nitrogen and oxygen atoms in total. The lowest BCUT2D eigenvalue weighted by atomic mass is 9.95. The average molecular weight is 429 g/mol. The molecule has 0 spiro atoms. The number of nitrogens with one attached hydrogen (secondary N) is 1. The second-order valence-corrected chi connectivity index (χ2v) is 9.24. The van der Waals surface area contributed by atoms with Gasteiger partial charge in [0.2, 0.25) is 0 Å². The Balaban J connectivity index is 1.50. The highest BCUT2D eigenvalue weighted by Gasteiger charge is 2.22. The van der Waals surface area contributed by atoms with E-state index < -0.39 is 0 Å². The molecule has 1 aromatic heterocycles. The number of aromatic amines is 1. The normalized spacial score (nSPS) is 15.8. The van der Waals surface area contributed by atoms with Crippen LogP contribution in [-0.2, 0) is 24.2 Å². The van der Waals surface area contributed by atoms with Crippen LogP contribution >= 0.6 is 0 Å². The van der Waals surface area contributed by atoms with E-state index in [0.717, 1.165) is 64.0 Å². The second-order valence-electron chi connectivity index (χ2n) is 9.24. The zero-order valence-electron chi connectivity index (χ0n) is 19.8. The predicted octanol–water partition coefficient (Wildman–Crippen LogP) is 3.98. The minimum atomic E-state index is 0.627. The van der Waals surface area contributed by atoms with Crippen molar-refractivity contribution in [2.75, 3.05) is 47.0 Å². The van der Waals surface area contributed by atoms with Crippen LogP contribution < -0.4 is 4.74 Å². The van der Waals surface area contributed by atoms with E-state index in [4.69, 9.17) is 9.47 Å². The quantitative estimate of drug-likeness (QED) is 0.554. The third-order valence-electron chi connectivity index (χ3n) is 6.12. The van der Waals surface area contributed by atoms with Crippen LogP contribution in [0.2, 0.25) is 0 Å². The van der Waals surface area contributed by atoms with Crippen molar-refractivity contribution in [3.05, 3.63) is 47.3 Å². The summed E-state index contributed by atoms with van der Waals surface area (Å²) in [6.45, 7) is 11.5. The van der Waals surface area contributed by atoms with E-state index in [1.165, 1.54) is 29.8 Å². The molecular formula is C25H40N4O2. The third kappa shape index (κ3) is 7.63. The number of methoxy groups -OCH3 is 2. The third-order valence-corrected chi connectivity index (χ3v) is 6.12. The van der Waals surface area contributed by atoms with E-state index in [2.05, 4.69) is 58.1 Å². The Morgan fingerprint density at radius 3 is 2.68 bits per heavy atom. The number of nitrogens with zero attached hydrogens (tertiary/aromatic N) is 3. The van der Waals surface area contributed by atoms with E-state index in [9.17, 15) is 0 Å². The first kappa shape index (κ1) is 23.8. The topological polar surface area (TPSA) is 53.6 Å². The Kier molecular flexibility index (Phi) is 9.37. The summed E-state index contributed by atoms with van der Waals surface area (Å²) in [6, 6.07) is 10.6. The van der Waals surface area contributed by atoms with Crippen molar-refractivity contribution in [1.29, 1.82) is 0 Å². The summed E-state index contributed by atoms with van der Waals surface area (Å²) < 4.78 is 10.9. The molecule has 31 heavy (non-hydrogen) atoms. The Hall–Kier alpha value is -1.89. The number of rotatable bonds is 12. The van der Waals surface area contributed by atoms with Gasteiger partial charge in [-0.05, 0) is 56.3 Å². The molecule has 0 unspecified atom stereocenters. The summed E-state index contributed by atoms with van der Waals surface area (Å²) in [5.41, 5.74) is 3.66. The fourth-order valence-corrected chi connectivity index (χ4v) is 4.48. The number of likely N-dealkylation sites (tertiary alicyclic amines) is 1. The molecule has 0 aliphatic carbocycles. The van der Waals surface area contributed by atoms with Gasteiger partial charge in [0.1, 0.15) is 5.75 Å². The molecule has 172 valence electrons. The summed E-state index contributed by atoms with van der Waals surface area (Å²) in [5.74, 6) is 2.34. The molecule has 3 rings (SSSR count). The number of benzene rings is 1. The predicted molar refractivity (Wildman–Crippen MR) is 125 cm³/mol. The smallest absolute Gasteiger partial charge is 0.123 e. The summed E-state index contributed by atoms with van der Waals surface area (Å²) >= 11 is 0. The molecular weight excluding hydrogens is 388 g/mol. The van der Waals surface area contributed by atoms with Gasteiger partial charge < -0.3 is 9.47 Å². The molecule has 1 aromatic carbocycles. The maximum absolute atomic E-state index is 5.52. The number of hydrogen-bond acceptors (Lipinski definition) is 5. The van der Waals surface area contributed by atoms with Gasteiger partial charge in [0.05, 0.1) is 19.4 Å². The summed E-state index contributed by atoms with van der Waals surface area (Å²) in [5, 5.41) is 7.75. The van der Waals surface area contributed by atoms with Crippen LogP contribution in [0.3, 0.4) is 0 Å². The van der Waals surface area contributed by atoms with Crippen LogP contribution in [0.15, 0.2) is 30.3 Å². The van der Waals surface area contributed by atoms with Crippen molar-refractivity contribution in [1.82, 2.24) is 20.0 Å². The molecule has 1 fully saturated rings. The minimum Gasteiger partial charge on any atom is -0.496 e. The Morgan fingerprint density at radius 2 is 1.97 bits per heavy atom. The molecule has 2 heterocycles. The Morgan fingerprint density at radius 1 is 1.19 bits per heavy atom. The van der Waals surface area contributed by atoms with Gasteiger partial charge in [0.15, 0.2) is 0 Å². The molecule has 0 radical (unpaired) electrons. The molecule has 0 atom stereocenters. The number of piperidine rings is 1. The van der Waals surface area contributed by atoms with Crippen LogP contribution in [0.1, 0.15) is 43.6 Å². The van der Waals surface area contributed by atoms with Crippen LogP contribution in [0.5, 0.6) is 5.75 Å². The number of para-hydroxylation sites is 1. The van der Waals surface area contributed by atoms with Crippen molar-refractivity contribution in [3.63, 3.8) is 0 Å². The monoisotopic (exact) mass is 428 g/mol. The van der Waals surface area contributed by atoms with E-state index in [0.29, 0.717) is 5.92 Å². The fourth-order valence-electron chi connectivity index (χ4n) is 4.48. The van der Waals surface area contributed by atoms with E-state index >= 15 is 0 Å². The number of hydrogen-bond donors (Lipinski definition) is 1. The largest absolute Gasteiger partial charge is 0.496 e. The molecule has 2 aromatic rings. The molecule has 1 aliphatic heterocycles. The van der Waals surface area contributed by atoms with E-state index in [-0.39, 0.29) is 0 Å². The second kappa shape index (κ2) is 12.2. The standard InChI is InChI=1S/C25H40N4O2/c1-20(2)15-23-16-24(27-26-23)19-29(13-14-30-3)17-21-9-11-28(12-10-21)18-22-7-5-6-8-25(22)31-4/h5-8,16,20-21H,9-15,17-19H2,1-4H3,(H,26,27). The van der Waals surface area contributed by atoms with Gasteiger partial charge >= 0.3 is 0 Å². The number of H-pyrrole nitrogens is 1. The molecule has 0 saturated carbocycles. The van der Waals surface area contributed by atoms with Crippen molar-refractivity contribution < 1.29 is 9.47 Å². The highest BCUT2D eigenvalue weighted by molar-refractivity contribution is 5.33. The highest BCUT2D eigenvalue weighted by atomic mass is 16.5. The van der Waals surface area contributed by atoms with Crippen LogP contribution in [0, 0.1) is 11.8 Å². The maximum Gasteiger partial charge on any atom is 0.123 e. The zero-order valence-corrected chi connectivity index (χ0v) is 19.8. The number of aromatic nitrogens is 2. The average Bonchev–Trinajstić information content (AvgIpc) is 3.19. The lowest BCUT2D eigenvalue weighted by Gasteiger charge is -2.35. The van der Waals surface area contributed by atoms with Gasteiger partial charge in [-0.15, -0.1) is 0 Å². The first-order valence-electron chi connectivity index (χ1n) is 11.7. The summed E-state index contributed by atoms with van der Waals surface area (Å²) in [7, 11) is 3.54. The lowest BCUT2D eigenvalue weighted by molar-refractivity contribution is 0.105. The molecule has 1 aliphatic rings. The van der Waals surface area contributed by atoms with Crippen molar-refractivity contribution in [2.45, 2.75) is 46.2 Å². The maximum atomic E-state index is 5.52. The molecule has 1 saturated heterocycles.